The molecule has 31 heavy (non-hydrogen) atoms. The Morgan fingerprint density at radius 3 is 2.55 bits per heavy atom. The minimum Gasteiger partial charge on any atom is -0.496 e. The number of nitrogens with zero attached hydrogens (tertiary/aromatic N) is 3. The molecule has 0 bridgehead atoms. The van der Waals surface area contributed by atoms with Crippen LogP contribution in [0.2, 0.25) is 0 Å². The summed E-state index contributed by atoms with van der Waals surface area (Å²) in [6.45, 7) is 7.27. The number of anilines is 2. The van der Waals surface area contributed by atoms with Crippen molar-refractivity contribution in [2.75, 3.05) is 31.8 Å². The molecule has 1 aromatic heterocycles. The van der Waals surface area contributed by atoms with Crippen molar-refractivity contribution in [3.8, 4) is 11.5 Å². The summed E-state index contributed by atoms with van der Waals surface area (Å²) in [6.07, 6.45) is 3.67. The second-order valence-electron chi connectivity index (χ2n) is 8.63. The number of methoxy groups -OCH3 is 1. The Labute approximate surface area is 181 Å². The zero-order valence-electron chi connectivity index (χ0n) is 18.3. The van der Waals surface area contributed by atoms with Gasteiger partial charge >= 0.3 is 5.97 Å². The van der Waals surface area contributed by atoms with Crippen LogP contribution >= 0.6 is 0 Å². The molecule has 2 aliphatic heterocycles. The van der Waals surface area contributed by atoms with Gasteiger partial charge in [-0.15, -0.1) is 0 Å². The third-order valence-electron chi connectivity index (χ3n) is 5.19. The van der Waals surface area contributed by atoms with Gasteiger partial charge in [-0.25, -0.2) is 9.78 Å². The average molecular weight is 425 g/mol. The monoisotopic (exact) mass is 425 g/mol. The molecule has 2 aromatic rings. The highest BCUT2D eigenvalue weighted by molar-refractivity contribution is 5.95. The van der Waals surface area contributed by atoms with Crippen LogP contribution in [0.1, 0.15) is 54.3 Å². The first-order valence-electron chi connectivity index (χ1n) is 10.4. The predicted octanol–water partition coefficient (Wildman–Crippen LogP) is 3.77. The van der Waals surface area contributed by atoms with Crippen LogP contribution in [-0.4, -0.2) is 54.3 Å². The first kappa shape index (κ1) is 21.0. The van der Waals surface area contributed by atoms with E-state index in [4.69, 9.17) is 14.2 Å². The molecular formula is C23H27N3O5. The Morgan fingerprint density at radius 1 is 1.13 bits per heavy atom. The molecule has 1 aromatic carbocycles. The third-order valence-corrected chi connectivity index (χ3v) is 5.19. The summed E-state index contributed by atoms with van der Waals surface area (Å²) < 4.78 is 16.7. The number of benzene rings is 1. The van der Waals surface area contributed by atoms with Crippen molar-refractivity contribution in [1.82, 2.24) is 9.88 Å². The van der Waals surface area contributed by atoms with Crippen molar-refractivity contribution < 1.29 is 23.8 Å². The molecule has 1 fully saturated rings. The minimum atomic E-state index is -0.601. The number of aromatic nitrogens is 1. The fraction of sp³-hybridized carbons (Fsp3) is 0.435. The van der Waals surface area contributed by atoms with Gasteiger partial charge in [0.05, 0.1) is 12.7 Å². The number of carbonyl (C=O) groups excluding carboxylic acids is 2. The van der Waals surface area contributed by atoms with E-state index in [0.717, 1.165) is 31.6 Å². The van der Waals surface area contributed by atoms with Crippen molar-refractivity contribution in [3.05, 3.63) is 41.6 Å². The number of esters is 1. The van der Waals surface area contributed by atoms with Crippen LogP contribution in [0.5, 0.6) is 11.5 Å². The molecule has 3 heterocycles. The lowest BCUT2D eigenvalue weighted by Crippen LogP contribution is -2.27. The normalized spacial score (nSPS) is 15.5. The van der Waals surface area contributed by atoms with E-state index < -0.39 is 11.6 Å². The molecule has 4 rings (SSSR count). The van der Waals surface area contributed by atoms with Crippen LogP contribution in [-0.2, 0) is 4.74 Å². The summed E-state index contributed by atoms with van der Waals surface area (Å²) in [5, 5.41) is 0. The minimum absolute atomic E-state index is 0.0155. The highest BCUT2D eigenvalue weighted by atomic mass is 16.6. The molecular weight excluding hydrogens is 398 g/mol. The number of fused-ring (bicyclic) bond motifs is 1. The Bertz CT molecular complexity index is 1010. The number of likely N-dealkylation sites (tertiary alicyclic amines) is 1. The first-order chi connectivity index (χ1) is 14.8. The van der Waals surface area contributed by atoms with Crippen LogP contribution in [0.15, 0.2) is 30.5 Å². The molecule has 1 saturated heterocycles. The molecule has 0 saturated carbocycles. The second-order valence-corrected chi connectivity index (χ2v) is 8.63. The Morgan fingerprint density at radius 2 is 1.87 bits per heavy atom. The van der Waals surface area contributed by atoms with Gasteiger partial charge in [0.15, 0.2) is 18.3 Å². The summed E-state index contributed by atoms with van der Waals surface area (Å²) in [7, 11) is 1.51. The van der Waals surface area contributed by atoms with E-state index in [-0.39, 0.29) is 12.6 Å². The third kappa shape index (κ3) is 4.28. The smallest absolute Gasteiger partial charge is 0.342 e. The zero-order chi connectivity index (χ0) is 22.2. The average Bonchev–Trinajstić information content (AvgIpc) is 3.41. The van der Waals surface area contributed by atoms with Crippen LogP contribution in [0.25, 0.3) is 0 Å². The van der Waals surface area contributed by atoms with E-state index in [1.165, 1.54) is 7.11 Å². The lowest BCUT2D eigenvalue weighted by Gasteiger charge is -2.21. The van der Waals surface area contributed by atoms with E-state index >= 15 is 0 Å². The van der Waals surface area contributed by atoms with Gasteiger partial charge in [0.2, 0.25) is 0 Å². The van der Waals surface area contributed by atoms with E-state index in [1.54, 1.807) is 30.5 Å². The maximum Gasteiger partial charge on any atom is 0.342 e. The summed E-state index contributed by atoms with van der Waals surface area (Å²) in [4.78, 5) is 33.3. The number of hydrogen-bond acceptors (Lipinski definition) is 7. The second kappa shape index (κ2) is 8.09. The van der Waals surface area contributed by atoms with Crippen molar-refractivity contribution >= 4 is 23.4 Å². The molecule has 0 spiro atoms. The predicted molar refractivity (Wildman–Crippen MR) is 115 cm³/mol. The van der Waals surface area contributed by atoms with Gasteiger partial charge in [-0.1, -0.05) is 0 Å². The van der Waals surface area contributed by atoms with Gasteiger partial charge in [0.1, 0.15) is 16.9 Å². The van der Waals surface area contributed by atoms with Gasteiger partial charge < -0.3 is 19.1 Å². The number of amides is 1. The molecule has 0 aliphatic carbocycles. The topological polar surface area (TPSA) is 81.2 Å². The van der Waals surface area contributed by atoms with Crippen molar-refractivity contribution in [1.29, 1.82) is 0 Å². The van der Waals surface area contributed by atoms with E-state index in [9.17, 15) is 9.59 Å². The van der Waals surface area contributed by atoms with Gasteiger partial charge in [-0.05, 0) is 51.8 Å². The number of hydrogen-bond donors (Lipinski definition) is 0. The number of carbonyl (C=O) groups is 2. The SMILES string of the molecule is COc1cc(N2COc3cc(C(=O)N4CCCC4)cnc32)ccc1C(=O)OC(C)(C)C. The Kier molecular flexibility index (Phi) is 5.47. The van der Waals surface area contributed by atoms with Crippen molar-refractivity contribution in [3.63, 3.8) is 0 Å². The number of pyridine rings is 1. The van der Waals surface area contributed by atoms with E-state index in [1.807, 2.05) is 30.6 Å². The molecule has 1 amide bonds. The quantitative estimate of drug-likeness (QED) is 0.690. The van der Waals surface area contributed by atoms with Gasteiger partial charge in [0, 0.05) is 31.0 Å². The van der Waals surface area contributed by atoms with Gasteiger partial charge in [0.25, 0.3) is 5.91 Å². The Balaban J connectivity index is 1.58. The van der Waals surface area contributed by atoms with Crippen LogP contribution < -0.4 is 14.4 Å². The first-order valence-corrected chi connectivity index (χ1v) is 10.4. The van der Waals surface area contributed by atoms with Crippen LogP contribution in [0.3, 0.4) is 0 Å². The highest BCUT2D eigenvalue weighted by Gasteiger charge is 2.28. The fourth-order valence-electron chi connectivity index (χ4n) is 3.71. The standard InChI is InChI=1S/C23H27N3O5/c1-23(2,3)31-22(28)17-8-7-16(12-18(17)29-4)26-14-30-19-11-15(13-24-20(19)26)21(27)25-9-5-6-10-25/h7-8,11-13H,5-6,9-10,14H2,1-4H3. The van der Waals surface area contributed by atoms with Gasteiger partial charge in [-0.2, -0.15) is 0 Å². The summed E-state index contributed by atoms with van der Waals surface area (Å²) in [5.41, 5.74) is 1.03. The largest absolute Gasteiger partial charge is 0.496 e. The molecule has 0 unspecified atom stereocenters. The summed E-state index contributed by atoms with van der Waals surface area (Å²) in [6, 6.07) is 6.97. The number of rotatable bonds is 4. The van der Waals surface area contributed by atoms with Crippen LogP contribution in [0.4, 0.5) is 11.5 Å². The maximum absolute atomic E-state index is 12.6. The molecule has 0 atom stereocenters. The summed E-state index contributed by atoms with van der Waals surface area (Å²) >= 11 is 0. The highest BCUT2D eigenvalue weighted by Crippen LogP contribution is 2.39. The number of ether oxygens (including phenoxy) is 3. The molecule has 0 N–H and O–H groups in total. The van der Waals surface area contributed by atoms with E-state index in [2.05, 4.69) is 4.98 Å². The molecule has 8 heteroatoms. The van der Waals surface area contributed by atoms with Crippen molar-refractivity contribution in [2.24, 2.45) is 0 Å². The zero-order valence-corrected chi connectivity index (χ0v) is 18.3. The van der Waals surface area contributed by atoms with Gasteiger partial charge in [-0.3, -0.25) is 9.69 Å². The van der Waals surface area contributed by atoms with Crippen LogP contribution in [0, 0.1) is 0 Å². The van der Waals surface area contributed by atoms with Crippen molar-refractivity contribution in [2.45, 2.75) is 39.2 Å². The Hall–Kier alpha value is -3.29. The van der Waals surface area contributed by atoms with E-state index in [0.29, 0.717) is 28.4 Å². The summed E-state index contributed by atoms with van der Waals surface area (Å²) in [5.74, 6) is 1.11. The molecule has 8 nitrogen and oxygen atoms in total. The lowest BCUT2D eigenvalue weighted by molar-refractivity contribution is 0.00664. The lowest BCUT2D eigenvalue weighted by atomic mass is 10.1. The maximum atomic E-state index is 12.6. The molecule has 164 valence electrons. The fourth-order valence-corrected chi connectivity index (χ4v) is 3.71. The molecule has 2 aliphatic rings. The molecule has 0 radical (unpaired) electrons.